The highest BCUT2D eigenvalue weighted by Crippen LogP contribution is 2.18. The van der Waals surface area contributed by atoms with E-state index in [2.05, 4.69) is 11.9 Å². The molecular formula is C11H18Cl2N2O. The van der Waals surface area contributed by atoms with Crippen LogP contribution in [0.15, 0.2) is 35.1 Å². The van der Waals surface area contributed by atoms with Gasteiger partial charge in [0.05, 0.1) is 16.7 Å². The lowest BCUT2D eigenvalue weighted by Gasteiger charge is -2.03. The molecule has 16 heavy (non-hydrogen) atoms. The maximum atomic E-state index is 5.83. The van der Waals surface area contributed by atoms with E-state index >= 15 is 0 Å². The van der Waals surface area contributed by atoms with Gasteiger partial charge in [-0.25, -0.2) is 0 Å². The Morgan fingerprint density at radius 1 is 1.31 bits per heavy atom. The number of hydrogen-bond acceptors (Lipinski definition) is 3. The van der Waals surface area contributed by atoms with Crippen molar-refractivity contribution in [2.24, 2.45) is 5.73 Å². The molecule has 0 aromatic rings. The van der Waals surface area contributed by atoms with E-state index in [0.29, 0.717) is 23.2 Å². The number of nitrogens with two attached hydrogens (primary N) is 1. The largest absolute Gasteiger partial charge is 0.500 e. The highest BCUT2D eigenvalue weighted by Gasteiger charge is 1.96. The van der Waals surface area contributed by atoms with Gasteiger partial charge in [-0.2, -0.15) is 0 Å². The zero-order valence-electron chi connectivity index (χ0n) is 9.22. The predicted molar refractivity (Wildman–Crippen MR) is 70.6 cm³/mol. The third-order valence-corrected chi connectivity index (χ3v) is 2.34. The Labute approximate surface area is 107 Å². The summed E-state index contributed by atoms with van der Waals surface area (Å²) in [5.74, 6) is 0. The summed E-state index contributed by atoms with van der Waals surface area (Å²) in [7, 11) is 0. The lowest BCUT2D eigenvalue weighted by molar-refractivity contribution is 0.243. The van der Waals surface area contributed by atoms with E-state index in [4.69, 9.17) is 33.7 Å². The Balaban J connectivity index is 3.59. The normalized spacial score (nSPS) is 12.7. The fraction of sp³-hybridized carbons (Fsp3) is 0.455. The average Bonchev–Trinajstić information content (AvgIpc) is 2.28. The first-order valence-electron chi connectivity index (χ1n) is 5.09. The molecule has 0 amide bonds. The molecule has 0 spiro atoms. The molecule has 0 aliphatic rings. The molecule has 92 valence electrons. The molecular weight excluding hydrogens is 247 g/mol. The summed E-state index contributed by atoms with van der Waals surface area (Å²) in [5.41, 5.74) is 5.32. The summed E-state index contributed by atoms with van der Waals surface area (Å²) in [4.78, 5) is 0. The minimum absolute atomic E-state index is 0.372. The second-order valence-electron chi connectivity index (χ2n) is 2.98. The van der Waals surface area contributed by atoms with E-state index in [1.165, 1.54) is 6.26 Å². The van der Waals surface area contributed by atoms with Crippen molar-refractivity contribution in [1.82, 2.24) is 5.32 Å². The first-order valence-corrected chi connectivity index (χ1v) is 5.84. The molecule has 5 heteroatoms. The van der Waals surface area contributed by atoms with Gasteiger partial charge in [0.1, 0.15) is 6.26 Å². The topological polar surface area (TPSA) is 47.3 Å². The lowest BCUT2D eigenvalue weighted by atomic mass is 10.4. The van der Waals surface area contributed by atoms with Crippen LogP contribution < -0.4 is 11.1 Å². The highest BCUT2D eigenvalue weighted by molar-refractivity contribution is 6.43. The van der Waals surface area contributed by atoms with E-state index in [1.807, 2.05) is 0 Å². The summed E-state index contributed by atoms with van der Waals surface area (Å²) in [6, 6.07) is 0. The first-order chi connectivity index (χ1) is 7.72. The Bertz CT molecular complexity index is 252. The number of ether oxygens (including phenoxy) is 1. The summed E-state index contributed by atoms with van der Waals surface area (Å²) < 4.78 is 5.22. The molecule has 0 atom stereocenters. The van der Waals surface area contributed by atoms with Crippen molar-refractivity contribution < 1.29 is 4.74 Å². The summed E-state index contributed by atoms with van der Waals surface area (Å²) in [6.45, 7) is 6.45. The molecule has 0 aromatic heterocycles. The number of allylic oxidation sites excluding steroid dienone is 4. The van der Waals surface area contributed by atoms with Crippen molar-refractivity contribution in [3.05, 3.63) is 35.1 Å². The van der Waals surface area contributed by atoms with E-state index < -0.39 is 0 Å². The van der Waals surface area contributed by atoms with Crippen LogP contribution in [-0.2, 0) is 4.74 Å². The van der Waals surface area contributed by atoms with Gasteiger partial charge >= 0.3 is 0 Å². The molecule has 0 aliphatic carbocycles. The smallest absolute Gasteiger partial charge is 0.103 e. The monoisotopic (exact) mass is 264 g/mol. The van der Waals surface area contributed by atoms with E-state index in [1.54, 1.807) is 12.2 Å². The van der Waals surface area contributed by atoms with Crippen LogP contribution in [0, 0.1) is 0 Å². The molecule has 0 aliphatic heterocycles. The summed E-state index contributed by atoms with van der Waals surface area (Å²) >= 11 is 11.6. The molecule has 0 rings (SSSR count). The molecule has 0 bridgehead atoms. The van der Waals surface area contributed by atoms with Crippen molar-refractivity contribution in [2.45, 2.75) is 6.42 Å². The minimum Gasteiger partial charge on any atom is -0.500 e. The third-order valence-electron chi connectivity index (χ3n) is 1.62. The molecule has 0 fully saturated rings. The maximum absolute atomic E-state index is 5.83. The third kappa shape index (κ3) is 8.80. The van der Waals surface area contributed by atoms with E-state index in [9.17, 15) is 0 Å². The van der Waals surface area contributed by atoms with Crippen LogP contribution in [0.3, 0.4) is 0 Å². The van der Waals surface area contributed by atoms with Gasteiger partial charge in [0.25, 0.3) is 0 Å². The number of hydrogen-bond donors (Lipinski definition) is 2. The molecule has 0 radical (unpaired) electrons. The van der Waals surface area contributed by atoms with Gasteiger partial charge < -0.3 is 15.8 Å². The van der Waals surface area contributed by atoms with Gasteiger partial charge in [0.15, 0.2) is 0 Å². The van der Waals surface area contributed by atoms with Crippen LogP contribution in [0.5, 0.6) is 0 Å². The van der Waals surface area contributed by atoms with Gasteiger partial charge in [-0.1, -0.05) is 35.9 Å². The lowest BCUT2D eigenvalue weighted by Crippen LogP contribution is -2.23. The quantitative estimate of drug-likeness (QED) is 0.382. The van der Waals surface area contributed by atoms with E-state index in [0.717, 1.165) is 19.5 Å². The van der Waals surface area contributed by atoms with Crippen molar-refractivity contribution in [1.29, 1.82) is 0 Å². The van der Waals surface area contributed by atoms with Gasteiger partial charge in [-0.3, -0.25) is 0 Å². The number of halogens is 2. The van der Waals surface area contributed by atoms with Gasteiger partial charge in [0, 0.05) is 13.1 Å². The Hall–Kier alpha value is -0.480. The van der Waals surface area contributed by atoms with Crippen LogP contribution in [0.1, 0.15) is 6.42 Å². The SMILES string of the molecule is C=C/C=C(Cl)\C(Cl)=C/OCCCNCCN. The fourth-order valence-corrected chi connectivity index (χ4v) is 1.14. The number of nitrogens with one attached hydrogen (secondary N) is 1. The molecule has 0 unspecified atom stereocenters. The zero-order valence-corrected chi connectivity index (χ0v) is 10.7. The fourth-order valence-electron chi connectivity index (χ4n) is 0.879. The first kappa shape index (κ1) is 15.5. The summed E-state index contributed by atoms with van der Waals surface area (Å²) in [6.07, 6.45) is 5.50. The van der Waals surface area contributed by atoms with E-state index in [-0.39, 0.29) is 0 Å². The van der Waals surface area contributed by atoms with Crippen LogP contribution in [0.2, 0.25) is 0 Å². The Morgan fingerprint density at radius 3 is 2.69 bits per heavy atom. The van der Waals surface area contributed by atoms with Crippen LogP contribution in [0.25, 0.3) is 0 Å². The highest BCUT2D eigenvalue weighted by atomic mass is 35.5. The predicted octanol–water partition coefficient (Wildman–Crippen LogP) is 2.33. The molecule has 3 nitrogen and oxygen atoms in total. The van der Waals surface area contributed by atoms with Crippen LogP contribution in [0.4, 0.5) is 0 Å². The van der Waals surface area contributed by atoms with Crippen molar-refractivity contribution >= 4 is 23.2 Å². The second-order valence-corrected chi connectivity index (χ2v) is 3.79. The molecule has 0 saturated heterocycles. The van der Waals surface area contributed by atoms with Crippen LogP contribution in [-0.4, -0.2) is 26.2 Å². The maximum Gasteiger partial charge on any atom is 0.103 e. The standard InChI is InChI=1S/C11H18Cl2N2O/c1-2-4-10(12)11(13)9-16-8-3-6-15-7-5-14/h2,4,9,15H,1,3,5-8,14H2/b10-4+,11-9+. The van der Waals surface area contributed by atoms with Crippen molar-refractivity contribution in [2.75, 3.05) is 26.2 Å². The second kappa shape index (κ2) is 11.0. The average molecular weight is 265 g/mol. The Morgan fingerprint density at radius 2 is 2.06 bits per heavy atom. The molecule has 3 N–H and O–H groups in total. The molecule has 0 heterocycles. The summed E-state index contributed by atoms with van der Waals surface area (Å²) in [5, 5.41) is 3.94. The minimum atomic E-state index is 0.372. The van der Waals surface area contributed by atoms with Gasteiger partial charge in [-0.15, -0.1) is 0 Å². The van der Waals surface area contributed by atoms with Gasteiger partial charge in [-0.05, 0) is 19.0 Å². The molecule has 0 saturated carbocycles. The zero-order chi connectivity index (χ0) is 12.2. The van der Waals surface area contributed by atoms with Crippen molar-refractivity contribution in [3.8, 4) is 0 Å². The Kier molecular flexibility index (Phi) is 10.7. The van der Waals surface area contributed by atoms with Gasteiger partial charge in [0.2, 0.25) is 0 Å². The van der Waals surface area contributed by atoms with Crippen molar-refractivity contribution in [3.63, 3.8) is 0 Å². The molecule has 0 aromatic carbocycles. The number of rotatable bonds is 9. The van der Waals surface area contributed by atoms with Crippen LogP contribution >= 0.6 is 23.2 Å².